The molecule has 3 nitrogen and oxygen atoms in total. The molecule has 0 spiro atoms. The lowest BCUT2D eigenvalue weighted by atomic mass is 10.0. The van der Waals surface area contributed by atoms with Crippen LogP contribution in [0.3, 0.4) is 0 Å². The fourth-order valence-electron chi connectivity index (χ4n) is 2.73. The van der Waals surface area contributed by atoms with Crippen molar-refractivity contribution in [3.05, 3.63) is 53.6 Å². The van der Waals surface area contributed by atoms with Crippen LogP contribution in [-0.4, -0.2) is 16.7 Å². The SMILES string of the molecule is CCNc1nnc(-c2cc(C)cc(C)c2)c2ccccc12. The maximum absolute atomic E-state index is 4.47. The summed E-state index contributed by atoms with van der Waals surface area (Å²) < 4.78 is 0. The average Bonchev–Trinajstić information content (AvgIpc) is 2.47. The topological polar surface area (TPSA) is 37.8 Å². The van der Waals surface area contributed by atoms with E-state index in [2.05, 4.69) is 66.6 Å². The minimum Gasteiger partial charge on any atom is -0.368 e. The van der Waals surface area contributed by atoms with Gasteiger partial charge in [-0.05, 0) is 32.9 Å². The Morgan fingerprint density at radius 2 is 1.57 bits per heavy atom. The molecule has 0 saturated carbocycles. The molecule has 0 fully saturated rings. The summed E-state index contributed by atoms with van der Waals surface area (Å²) in [5.41, 5.74) is 4.55. The van der Waals surface area contributed by atoms with Crippen LogP contribution in [0.5, 0.6) is 0 Å². The molecule has 0 saturated heterocycles. The molecule has 1 aromatic heterocycles. The first kappa shape index (κ1) is 13.6. The number of nitrogens with zero attached hydrogens (tertiary/aromatic N) is 2. The molecule has 106 valence electrons. The zero-order valence-corrected chi connectivity index (χ0v) is 12.6. The molecular formula is C18H19N3. The van der Waals surface area contributed by atoms with E-state index in [-0.39, 0.29) is 0 Å². The maximum Gasteiger partial charge on any atom is 0.156 e. The quantitative estimate of drug-likeness (QED) is 0.773. The smallest absolute Gasteiger partial charge is 0.156 e. The van der Waals surface area contributed by atoms with Crippen LogP contribution in [0.25, 0.3) is 22.0 Å². The summed E-state index contributed by atoms with van der Waals surface area (Å²) >= 11 is 0. The molecule has 2 aromatic carbocycles. The third-order valence-electron chi connectivity index (χ3n) is 3.53. The zero-order valence-electron chi connectivity index (χ0n) is 12.6. The van der Waals surface area contributed by atoms with Crippen LogP contribution in [0.4, 0.5) is 5.82 Å². The van der Waals surface area contributed by atoms with Crippen molar-refractivity contribution < 1.29 is 0 Å². The Hall–Kier alpha value is -2.42. The maximum atomic E-state index is 4.47. The molecule has 1 heterocycles. The van der Waals surface area contributed by atoms with Gasteiger partial charge in [0.1, 0.15) is 5.69 Å². The van der Waals surface area contributed by atoms with E-state index in [1.165, 1.54) is 11.1 Å². The highest BCUT2D eigenvalue weighted by Crippen LogP contribution is 2.30. The number of anilines is 1. The third kappa shape index (κ3) is 2.59. The Kier molecular flexibility index (Phi) is 3.57. The Balaban J connectivity index is 2.26. The van der Waals surface area contributed by atoms with Crippen LogP contribution in [0.1, 0.15) is 18.1 Å². The molecule has 0 radical (unpaired) electrons. The summed E-state index contributed by atoms with van der Waals surface area (Å²) in [6, 6.07) is 14.8. The highest BCUT2D eigenvalue weighted by atomic mass is 15.2. The van der Waals surface area contributed by atoms with Crippen LogP contribution >= 0.6 is 0 Å². The predicted molar refractivity (Wildman–Crippen MR) is 88.6 cm³/mol. The Labute approximate surface area is 125 Å². The minimum atomic E-state index is 0.835. The van der Waals surface area contributed by atoms with Crippen LogP contribution in [0, 0.1) is 13.8 Å². The standard InChI is InChI=1S/C18H19N3/c1-4-19-18-16-8-6-5-7-15(16)17(20-21-18)14-10-12(2)9-13(3)11-14/h5-11H,4H2,1-3H3,(H,19,21). The first-order valence-electron chi connectivity index (χ1n) is 7.27. The van der Waals surface area contributed by atoms with Crippen molar-refractivity contribution in [2.45, 2.75) is 20.8 Å². The van der Waals surface area contributed by atoms with Gasteiger partial charge in [-0.25, -0.2) is 0 Å². The predicted octanol–water partition coefficient (Wildman–Crippen LogP) is 4.35. The molecule has 0 aliphatic heterocycles. The Bertz CT molecular complexity index is 773. The summed E-state index contributed by atoms with van der Waals surface area (Å²) in [5.74, 6) is 0.848. The number of hydrogen-bond donors (Lipinski definition) is 1. The minimum absolute atomic E-state index is 0.835. The number of benzene rings is 2. The Morgan fingerprint density at radius 3 is 2.24 bits per heavy atom. The molecule has 1 N–H and O–H groups in total. The second-order valence-electron chi connectivity index (χ2n) is 5.35. The summed E-state index contributed by atoms with van der Waals surface area (Å²) in [7, 11) is 0. The van der Waals surface area contributed by atoms with Crippen molar-refractivity contribution in [3.8, 4) is 11.3 Å². The van der Waals surface area contributed by atoms with Gasteiger partial charge in [-0.2, -0.15) is 0 Å². The van der Waals surface area contributed by atoms with E-state index in [1.807, 2.05) is 12.1 Å². The summed E-state index contributed by atoms with van der Waals surface area (Å²) in [6.45, 7) is 7.12. The van der Waals surface area contributed by atoms with E-state index >= 15 is 0 Å². The molecule has 3 aromatic rings. The van der Waals surface area contributed by atoms with Crippen molar-refractivity contribution in [2.75, 3.05) is 11.9 Å². The first-order valence-corrected chi connectivity index (χ1v) is 7.27. The van der Waals surface area contributed by atoms with E-state index in [9.17, 15) is 0 Å². The molecule has 0 aliphatic carbocycles. The highest BCUT2D eigenvalue weighted by Gasteiger charge is 2.10. The molecule has 21 heavy (non-hydrogen) atoms. The number of rotatable bonds is 3. The van der Waals surface area contributed by atoms with Crippen LogP contribution in [0.15, 0.2) is 42.5 Å². The van der Waals surface area contributed by atoms with E-state index in [1.54, 1.807) is 0 Å². The van der Waals surface area contributed by atoms with Gasteiger partial charge in [-0.1, -0.05) is 41.5 Å². The van der Waals surface area contributed by atoms with Gasteiger partial charge in [-0.3, -0.25) is 0 Å². The van der Waals surface area contributed by atoms with Gasteiger partial charge >= 0.3 is 0 Å². The van der Waals surface area contributed by atoms with Gasteiger partial charge in [-0.15, -0.1) is 10.2 Å². The van der Waals surface area contributed by atoms with Crippen molar-refractivity contribution >= 4 is 16.6 Å². The van der Waals surface area contributed by atoms with Crippen molar-refractivity contribution in [1.29, 1.82) is 0 Å². The summed E-state index contributed by atoms with van der Waals surface area (Å²) in [6.07, 6.45) is 0. The molecule has 0 amide bonds. The second kappa shape index (κ2) is 5.52. The average molecular weight is 277 g/mol. The van der Waals surface area contributed by atoms with Crippen LogP contribution in [-0.2, 0) is 0 Å². The van der Waals surface area contributed by atoms with Gasteiger partial charge in [0.2, 0.25) is 0 Å². The molecule has 0 bridgehead atoms. The lowest BCUT2D eigenvalue weighted by Crippen LogP contribution is -2.02. The lowest BCUT2D eigenvalue weighted by Gasteiger charge is -2.11. The van der Waals surface area contributed by atoms with Gasteiger partial charge < -0.3 is 5.32 Å². The zero-order chi connectivity index (χ0) is 14.8. The highest BCUT2D eigenvalue weighted by molar-refractivity contribution is 6.00. The van der Waals surface area contributed by atoms with E-state index in [0.29, 0.717) is 0 Å². The molecule has 0 unspecified atom stereocenters. The van der Waals surface area contributed by atoms with Gasteiger partial charge in [0.15, 0.2) is 5.82 Å². The summed E-state index contributed by atoms with van der Waals surface area (Å²) in [5, 5.41) is 14.4. The number of fused-ring (bicyclic) bond motifs is 1. The monoisotopic (exact) mass is 277 g/mol. The second-order valence-corrected chi connectivity index (χ2v) is 5.35. The van der Waals surface area contributed by atoms with Gasteiger partial charge in [0, 0.05) is 22.9 Å². The van der Waals surface area contributed by atoms with Crippen molar-refractivity contribution in [3.63, 3.8) is 0 Å². The van der Waals surface area contributed by atoms with E-state index in [0.717, 1.165) is 34.4 Å². The third-order valence-corrected chi connectivity index (χ3v) is 3.53. The Morgan fingerprint density at radius 1 is 0.905 bits per heavy atom. The van der Waals surface area contributed by atoms with Crippen LogP contribution in [0.2, 0.25) is 0 Å². The van der Waals surface area contributed by atoms with Crippen LogP contribution < -0.4 is 5.32 Å². The fourth-order valence-corrected chi connectivity index (χ4v) is 2.73. The van der Waals surface area contributed by atoms with Gasteiger partial charge in [0.25, 0.3) is 0 Å². The molecule has 0 aliphatic rings. The summed E-state index contributed by atoms with van der Waals surface area (Å²) in [4.78, 5) is 0. The number of aryl methyl sites for hydroxylation is 2. The normalized spacial score (nSPS) is 10.8. The van der Waals surface area contributed by atoms with Crippen molar-refractivity contribution in [1.82, 2.24) is 10.2 Å². The van der Waals surface area contributed by atoms with Crippen molar-refractivity contribution in [2.24, 2.45) is 0 Å². The molecular weight excluding hydrogens is 258 g/mol. The largest absolute Gasteiger partial charge is 0.368 e. The van der Waals surface area contributed by atoms with E-state index in [4.69, 9.17) is 0 Å². The number of aromatic nitrogens is 2. The lowest BCUT2D eigenvalue weighted by molar-refractivity contribution is 1.03. The van der Waals surface area contributed by atoms with E-state index < -0.39 is 0 Å². The fraction of sp³-hybridized carbons (Fsp3) is 0.222. The molecule has 3 heteroatoms. The molecule has 0 atom stereocenters. The van der Waals surface area contributed by atoms with Gasteiger partial charge in [0.05, 0.1) is 0 Å². The number of hydrogen-bond acceptors (Lipinski definition) is 3. The molecule has 3 rings (SSSR count). The number of nitrogens with one attached hydrogen (secondary N) is 1. The first-order chi connectivity index (χ1) is 10.2.